The van der Waals surface area contributed by atoms with E-state index in [9.17, 15) is 54.3 Å². The summed E-state index contributed by atoms with van der Waals surface area (Å²) in [7, 11) is -13.3. The van der Waals surface area contributed by atoms with Gasteiger partial charge in [0.25, 0.3) is 5.91 Å². The third-order valence-corrected chi connectivity index (χ3v) is 12.0. The van der Waals surface area contributed by atoms with Crippen molar-refractivity contribution < 1.29 is 157 Å². The molecule has 2 N–H and O–H groups in total. The van der Waals surface area contributed by atoms with Gasteiger partial charge in [-0.1, -0.05) is 36.9 Å². The van der Waals surface area contributed by atoms with Crippen molar-refractivity contribution in [1.82, 2.24) is 0 Å². The molecule has 5 aromatic rings. The molecule has 0 saturated heterocycles. The van der Waals surface area contributed by atoms with Gasteiger partial charge in [-0.3, -0.25) is 14.6 Å². The Bertz CT molecular complexity index is 2940. The topological polar surface area (TPSA) is 315 Å². The number of phenolic OH excluding ortho intramolecular Hbond substituents is 1. The molecule has 0 radical (unpaired) electrons. The summed E-state index contributed by atoms with van der Waals surface area (Å²) in [6.07, 6.45) is 0. The third-order valence-electron chi connectivity index (χ3n) is 8.11. The fourth-order valence-corrected chi connectivity index (χ4v) is 8.42. The molecule has 0 saturated carbocycles. The van der Waals surface area contributed by atoms with Gasteiger partial charge >= 0.3 is 88.7 Å². The van der Waals surface area contributed by atoms with E-state index in [-0.39, 0.29) is 144 Å². The van der Waals surface area contributed by atoms with Crippen LogP contribution in [0.15, 0.2) is 119 Å². The molecular formula is C34H26N5Na3O15S4. The quantitative estimate of drug-likeness (QED) is 0.0193. The van der Waals surface area contributed by atoms with Gasteiger partial charge in [-0.25, -0.2) is 25.3 Å². The van der Waals surface area contributed by atoms with Crippen LogP contribution in [0, 0.1) is 6.92 Å². The van der Waals surface area contributed by atoms with Crippen LogP contribution in [0.4, 0.5) is 22.7 Å². The van der Waals surface area contributed by atoms with E-state index in [0.717, 1.165) is 36.6 Å². The zero-order valence-corrected chi connectivity index (χ0v) is 42.1. The van der Waals surface area contributed by atoms with Gasteiger partial charge in [0.1, 0.15) is 43.0 Å². The molecule has 1 amide bonds. The van der Waals surface area contributed by atoms with Crippen molar-refractivity contribution in [2.45, 2.75) is 39.5 Å². The summed E-state index contributed by atoms with van der Waals surface area (Å²) in [5.41, 5.74) is -1.70. The number of carbonyl (C=O) groups excluding carboxylic acids is 2. The monoisotopic (exact) mass is 941 g/mol. The summed E-state index contributed by atoms with van der Waals surface area (Å²) < 4.78 is 109. The predicted octanol–water partition coefficient (Wildman–Crippen LogP) is -3.92. The van der Waals surface area contributed by atoms with Crippen LogP contribution in [0.25, 0.3) is 21.5 Å². The van der Waals surface area contributed by atoms with Gasteiger partial charge in [0.15, 0.2) is 21.4 Å². The summed E-state index contributed by atoms with van der Waals surface area (Å²) in [5.74, 6) is -3.21. The first kappa shape index (κ1) is 54.4. The van der Waals surface area contributed by atoms with Crippen molar-refractivity contribution in [3.05, 3.63) is 84.3 Å². The Morgan fingerprint density at radius 1 is 0.852 bits per heavy atom. The second-order valence-corrected chi connectivity index (χ2v) is 17.1. The van der Waals surface area contributed by atoms with E-state index in [0.29, 0.717) is 5.39 Å². The molecule has 0 aromatic heterocycles. The average Bonchev–Trinajstić information content (AvgIpc) is 3.15. The number of nitrogens with one attached hydrogen (secondary N) is 1. The Hall–Kier alpha value is -2.70. The molecule has 0 aliphatic heterocycles. The van der Waals surface area contributed by atoms with Crippen LogP contribution in [0.5, 0.6) is 11.5 Å². The van der Waals surface area contributed by atoms with Crippen molar-refractivity contribution in [3.8, 4) is 11.5 Å². The number of azo groups is 2. The SMILES string of the molecule is C=CS(=O)(=O)c1cc(OC)c(N=NC(C(C)=O)C(=O)Nc2cc3c(O)c(N=Nc4ccc5ccccc5c4S(=O)(=O)[O-])c(SOO[O-])cc3cc2S(=O)(=O)[O-])cc1C.[Na+].[Na+].[Na+]. The second kappa shape index (κ2) is 22.3. The number of carbonyl (C=O) groups is 2. The van der Waals surface area contributed by atoms with E-state index in [2.05, 4.69) is 41.7 Å². The minimum atomic E-state index is -5.44. The number of hydrogen-bond donors (Lipinski definition) is 2. The molecule has 0 heterocycles. The molecule has 304 valence electrons. The summed E-state index contributed by atoms with van der Waals surface area (Å²) in [6, 6.07) is 11.6. The van der Waals surface area contributed by atoms with Crippen molar-refractivity contribution in [3.63, 3.8) is 0 Å². The Morgan fingerprint density at radius 2 is 1.52 bits per heavy atom. The van der Waals surface area contributed by atoms with Gasteiger partial charge in [0.2, 0.25) is 6.04 Å². The number of phenols is 1. The van der Waals surface area contributed by atoms with Crippen LogP contribution in [-0.4, -0.2) is 64.3 Å². The Balaban J connectivity index is 0.00000427. The molecule has 0 spiro atoms. The van der Waals surface area contributed by atoms with Gasteiger partial charge in [-0.05, 0) is 60.5 Å². The van der Waals surface area contributed by atoms with Crippen LogP contribution in [0.2, 0.25) is 0 Å². The number of sulfone groups is 1. The Kier molecular flexibility index (Phi) is 19.9. The van der Waals surface area contributed by atoms with E-state index >= 15 is 0 Å². The molecule has 5 rings (SSSR count). The number of methoxy groups -OCH3 is 1. The van der Waals surface area contributed by atoms with Gasteiger partial charge in [-0.2, -0.15) is 14.6 Å². The van der Waals surface area contributed by atoms with E-state index in [4.69, 9.17) is 4.74 Å². The minimum Gasteiger partial charge on any atom is -0.744 e. The first-order chi connectivity index (χ1) is 27.2. The van der Waals surface area contributed by atoms with E-state index in [1.807, 2.05) is 0 Å². The van der Waals surface area contributed by atoms with E-state index in [1.165, 1.54) is 44.4 Å². The number of benzene rings is 5. The molecular weight excluding hydrogens is 916 g/mol. The molecule has 61 heavy (non-hydrogen) atoms. The molecule has 0 fully saturated rings. The summed E-state index contributed by atoms with van der Waals surface area (Å²) in [5, 5.41) is 43.6. The number of rotatable bonds is 15. The maximum Gasteiger partial charge on any atom is 1.00 e. The Morgan fingerprint density at radius 3 is 2.11 bits per heavy atom. The Labute approximate surface area is 418 Å². The number of ketones is 1. The number of hydrogen-bond acceptors (Lipinski definition) is 20. The molecule has 0 bridgehead atoms. The smallest absolute Gasteiger partial charge is 0.744 e. The van der Waals surface area contributed by atoms with Gasteiger partial charge < -0.3 is 29.5 Å². The van der Waals surface area contributed by atoms with Crippen molar-refractivity contribution >= 4 is 98.1 Å². The van der Waals surface area contributed by atoms with Crippen LogP contribution >= 0.6 is 12.0 Å². The number of aryl methyl sites for hydroxylation is 1. The number of nitrogens with zero attached hydrogens (tertiary/aromatic N) is 4. The number of amides is 1. The first-order valence-electron chi connectivity index (χ1n) is 15.8. The summed E-state index contributed by atoms with van der Waals surface area (Å²) in [6.45, 7) is 5.66. The minimum absolute atomic E-state index is 0. The third kappa shape index (κ3) is 12.5. The molecule has 0 aliphatic rings. The zero-order chi connectivity index (χ0) is 42.7. The average molecular weight is 942 g/mol. The predicted molar refractivity (Wildman–Crippen MR) is 200 cm³/mol. The van der Waals surface area contributed by atoms with Gasteiger partial charge in [0.05, 0.1) is 44.4 Å². The molecule has 1 atom stereocenters. The van der Waals surface area contributed by atoms with Gasteiger partial charge in [0, 0.05) is 22.2 Å². The number of Topliss-reactive ketones (excluding diaryl/α,β-unsaturated/α-hetero) is 1. The fourth-order valence-electron chi connectivity index (χ4n) is 5.50. The van der Waals surface area contributed by atoms with Crippen LogP contribution < -0.4 is 104 Å². The molecule has 0 aliphatic carbocycles. The van der Waals surface area contributed by atoms with Crippen LogP contribution in [-0.2, 0) is 49.0 Å². The number of fused-ring (bicyclic) bond motifs is 2. The summed E-state index contributed by atoms with van der Waals surface area (Å²) in [4.78, 5) is 23.8. The fraction of sp³-hybridized carbons (Fsp3) is 0.118. The van der Waals surface area contributed by atoms with Crippen LogP contribution in [0.3, 0.4) is 0 Å². The van der Waals surface area contributed by atoms with Crippen molar-refractivity contribution in [1.29, 1.82) is 0 Å². The van der Waals surface area contributed by atoms with Gasteiger partial charge in [-0.15, -0.1) is 10.2 Å². The maximum atomic E-state index is 13.5. The van der Waals surface area contributed by atoms with E-state index < -0.39 is 80.4 Å². The largest absolute Gasteiger partial charge is 1.00 e. The van der Waals surface area contributed by atoms with E-state index in [1.54, 1.807) is 12.1 Å². The van der Waals surface area contributed by atoms with Crippen molar-refractivity contribution in [2.24, 2.45) is 20.5 Å². The number of anilines is 1. The number of aromatic hydroxyl groups is 1. The van der Waals surface area contributed by atoms with Crippen LogP contribution in [0.1, 0.15) is 12.5 Å². The first-order valence-corrected chi connectivity index (χ1v) is 20.9. The normalized spacial score (nSPS) is 12.4. The second-order valence-electron chi connectivity index (χ2n) is 11.8. The standard InChI is InChI=1S/C34H29N5O15S4.3Na/c1-5-56(44,45)28-16-26(52-4)24(12-17(28)2)37-38-30(18(3)40)34(42)35-25-15-22-20(14-29(25)57(46,47)48)13-27(55-54-53-43)31(32(22)41)39-36-23-11-10-19-8-6-7-9-21(19)33(23)58(49,50)51;;;/h5-16,30,41,43H,1H2,2-4H3,(H,35,42)(H,46,47,48)(H,49,50,51);;;/q;3*+1/p-3. The molecule has 20 nitrogen and oxygen atoms in total. The number of ether oxygens (including phenoxy) is 1. The molecule has 27 heteroatoms. The molecule has 5 aromatic carbocycles. The molecule has 1 unspecified atom stereocenters. The zero-order valence-electron chi connectivity index (χ0n) is 32.8. The summed E-state index contributed by atoms with van der Waals surface area (Å²) >= 11 is 0.140. The maximum absolute atomic E-state index is 13.5. The van der Waals surface area contributed by atoms with Crippen molar-refractivity contribution in [2.75, 3.05) is 12.4 Å².